The summed E-state index contributed by atoms with van der Waals surface area (Å²) in [5, 5.41) is 20.9. The van der Waals surface area contributed by atoms with Gasteiger partial charge in [0.1, 0.15) is 17.2 Å². The maximum absolute atomic E-state index is 12.0. The number of carbonyl (C=O) groups excluding carboxylic acids is 1. The normalized spacial score (nSPS) is 10.3. The van der Waals surface area contributed by atoms with Crippen molar-refractivity contribution >= 4 is 29.0 Å². The highest BCUT2D eigenvalue weighted by Gasteiger charge is 2.14. The number of fused-ring (bicyclic) bond motifs is 1. The number of ether oxygens (including phenoxy) is 5. The summed E-state index contributed by atoms with van der Waals surface area (Å²) in [6.45, 7) is 10.3. The van der Waals surface area contributed by atoms with E-state index >= 15 is 0 Å². The number of carbonyl (C=O) groups is 1. The second-order valence-electron chi connectivity index (χ2n) is 10.6. The summed E-state index contributed by atoms with van der Waals surface area (Å²) in [6, 6.07) is 23.2. The number of halogens is 1. The van der Waals surface area contributed by atoms with Crippen LogP contribution in [0.2, 0.25) is 0 Å². The molecule has 0 unspecified atom stereocenters. The van der Waals surface area contributed by atoms with Crippen molar-refractivity contribution in [2.75, 3.05) is 33.5 Å². The Kier molecular flexibility index (Phi) is 14.9. The molecule has 0 fully saturated rings. The molecule has 5 aromatic rings. The van der Waals surface area contributed by atoms with Crippen molar-refractivity contribution in [1.29, 1.82) is 0 Å². The van der Waals surface area contributed by atoms with Crippen LogP contribution in [0.1, 0.15) is 54.9 Å². The molecule has 0 saturated carbocycles. The van der Waals surface area contributed by atoms with Gasteiger partial charge in [0.2, 0.25) is 0 Å². The van der Waals surface area contributed by atoms with E-state index < -0.39 is 0 Å². The minimum atomic E-state index is -0.210. The molecule has 9 nitrogen and oxygen atoms in total. The zero-order chi connectivity index (χ0) is 34.5. The molecule has 0 saturated heterocycles. The third kappa shape index (κ3) is 10.4. The van der Waals surface area contributed by atoms with E-state index in [1.54, 1.807) is 31.4 Å². The number of benzene rings is 4. The van der Waals surface area contributed by atoms with Gasteiger partial charge < -0.3 is 33.9 Å². The average molecular weight is 690 g/mol. The fraction of sp³-hybridized carbons (Fsp3) is 0.282. The number of hydrogen-bond acceptors (Lipinski definition) is 9. The summed E-state index contributed by atoms with van der Waals surface area (Å²) in [5.74, 6) is 3.28. The SMILES string of the molecule is CCOc1ccc(Cc2nccc3cc(OCC)c(OCC)cc23)cc1OCC.COc1ccc(CC(=O)c2ccc(O)cc2O)cc1.Cl. The molecule has 1 heterocycles. The average Bonchev–Trinajstić information content (AvgIpc) is 3.07. The van der Waals surface area contributed by atoms with Gasteiger partial charge in [-0.15, -0.1) is 12.4 Å². The highest BCUT2D eigenvalue weighted by Crippen LogP contribution is 2.35. The van der Waals surface area contributed by atoms with Gasteiger partial charge in [-0.05, 0) is 98.8 Å². The van der Waals surface area contributed by atoms with E-state index in [4.69, 9.17) is 23.7 Å². The summed E-state index contributed by atoms with van der Waals surface area (Å²) >= 11 is 0. The molecule has 0 aliphatic heterocycles. The molecule has 10 heteroatoms. The van der Waals surface area contributed by atoms with Crippen LogP contribution in [0.3, 0.4) is 0 Å². The maximum atomic E-state index is 12.0. The van der Waals surface area contributed by atoms with E-state index in [0.29, 0.717) is 32.8 Å². The number of phenolic OH excluding ortho intramolecular Hbond substituents is 2. The minimum absolute atomic E-state index is 0. The lowest BCUT2D eigenvalue weighted by Crippen LogP contribution is -2.03. The summed E-state index contributed by atoms with van der Waals surface area (Å²) in [5.41, 5.74) is 3.13. The molecule has 0 amide bonds. The fourth-order valence-electron chi connectivity index (χ4n) is 5.10. The smallest absolute Gasteiger partial charge is 0.170 e. The van der Waals surface area contributed by atoms with Gasteiger partial charge in [0.15, 0.2) is 28.8 Å². The Balaban J connectivity index is 0.000000283. The van der Waals surface area contributed by atoms with Gasteiger partial charge in [-0.3, -0.25) is 9.78 Å². The summed E-state index contributed by atoms with van der Waals surface area (Å²) in [6.07, 6.45) is 2.71. The molecule has 260 valence electrons. The highest BCUT2D eigenvalue weighted by atomic mass is 35.5. The van der Waals surface area contributed by atoms with E-state index in [-0.39, 0.29) is 41.7 Å². The Labute approximate surface area is 293 Å². The Morgan fingerprint density at radius 2 is 1.27 bits per heavy atom. The number of Topliss-reactive ketones (excluding diaryl/α,β-unsaturated/α-hetero) is 1. The first-order valence-corrected chi connectivity index (χ1v) is 16.0. The van der Waals surface area contributed by atoms with Gasteiger partial charge in [0.25, 0.3) is 0 Å². The van der Waals surface area contributed by atoms with Crippen molar-refractivity contribution < 1.29 is 38.7 Å². The van der Waals surface area contributed by atoms with Gasteiger partial charge >= 0.3 is 0 Å². The molecule has 0 atom stereocenters. The first kappa shape index (κ1) is 38.3. The number of ketones is 1. The largest absolute Gasteiger partial charge is 0.508 e. The zero-order valence-electron chi connectivity index (χ0n) is 28.5. The number of methoxy groups -OCH3 is 1. The molecule has 4 aromatic carbocycles. The lowest BCUT2D eigenvalue weighted by molar-refractivity contribution is 0.0990. The number of aromatic nitrogens is 1. The molecule has 5 rings (SSSR count). The van der Waals surface area contributed by atoms with Crippen LogP contribution in [0.15, 0.2) is 85.1 Å². The van der Waals surface area contributed by atoms with E-state index in [0.717, 1.165) is 62.4 Å². The van der Waals surface area contributed by atoms with Gasteiger partial charge in [0, 0.05) is 30.5 Å². The van der Waals surface area contributed by atoms with Crippen LogP contribution in [0.25, 0.3) is 10.8 Å². The number of aromatic hydroxyl groups is 2. The van der Waals surface area contributed by atoms with Crippen molar-refractivity contribution in [3.63, 3.8) is 0 Å². The van der Waals surface area contributed by atoms with Crippen LogP contribution in [0.5, 0.6) is 40.2 Å². The van der Waals surface area contributed by atoms with Crippen molar-refractivity contribution in [2.24, 2.45) is 0 Å². The van der Waals surface area contributed by atoms with Crippen molar-refractivity contribution in [3.05, 3.63) is 107 Å². The third-order valence-corrected chi connectivity index (χ3v) is 7.30. The number of hydrogen-bond donors (Lipinski definition) is 2. The minimum Gasteiger partial charge on any atom is -0.508 e. The number of nitrogens with zero attached hydrogens (tertiary/aromatic N) is 1. The molecule has 49 heavy (non-hydrogen) atoms. The van der Waals surface area contributed by atoms with Crippen LogP contribution in [0.4, 0.5) is 0 Å². The van der Waals surface area contributed by atoms with Gasteiger partial charge in [0.05, 0.1) is 44.8 Å². The molecule has 0 bridgehead atoms. The molecular formula is C39H44ClNO8. The van der Waals surface area contributed by atoms with Crippen LogP contribution >= 0.6 is 12.4 Å². The zero-order valence-corrected chi connectivity index (χ0v) is 29.3. The molecular weight excluding hydrogens is 646 g/mol. The molecule has 0 aliphatic rings. The summed E-state index contributed by atoms with van der Waals surface area (Å²) in [4.78, 5) is 16.7. The van der Waals surface area contributed by atoms with E-state index in [2.05, 4.69) is 11.1 Å². The van der Waals surface area contributed by atoms with E-state index in [1.807, 2.05) is 64.2 Å². The van der Waals surface area contributed by atoms with Crippen LogP contribution in [0, 0.1) is 0 Å². The van der Waals surface area contributed by atoms with Crippen molar-refractivity contribution in [1.82, 2.24) is 4.98 Å². The topological polar surface area (TPSA) is 117 Å². The first-order valence-electron chi connectivity index (χ1n) is 16.0. The summed E-state index contributed by atoms with van der Waals surface area (Å²) in [7, 11) is 1.58. The summed E-state index contributed by atoms with van der Waals surface area (Å²) < 4.78 is 28.0. The Bertz CT molecular complexity index is 1810. The predicted octanol–water partition coefficient (Wildman–Crippen LogP) is 8.37. The van der Waals surface area contributed by atoms with Crippen LogP contribution in [-0.2, 0) is 12.8 Å². The molecule has 0 aliphatic carbocycles. The van der Waals surface area contributed by atoms with E-state index in [1.165, 1.54) is 12.1 Å². The maximum Gasteiger partial charge on any atom is 0.170 e. The second-order valence-corrected chi connectivity index (χ2v) is 10.6. The fourth-order valence-corrected chi connectivity index (χ4v) is 5.10. The van der Waals surface area contributed by atoms with E-state index in [9.17, 15) is 15.0 Å². The number of phenols is 2. The van der Waals surface area contributed by atoms with Gasteiger partial charge in [-0.25, -0.2) is 0 Å². The third-order valence-electron chi connectivity index (χ3n) is 7.30. The van der Waals surface area contributed by atoms with Gasteiger partial charge in [-0.2, -0.15) is 0 Å². The quantitative estimate of drug-likeness (QED) is 0.111. The number of rotatable bonds is 14. The first-order chi connectivity index (χ1) is 23.3. The molecule has 0 spiro atoms. The lowest BCUT2D eigenvalue weighted by Gasteiger charge is -2.15. The monoisotopic (exact) mass is 689 g/mol. The molecule has 1 aromatic heterocycles. The number of pyridine rings is 1. The van der Waals surface area contributed by atoms with Crippen molar-refractivity contribution in [3.8, 4) is 40.2 Å². The predicted molar refractivity (Wildman–Crippen MR) is 194 cm³/mol. The second kappa shape index (κ2) is 19.0. The Morgan fingerprint density at radius 1 is 0.673 bits per heavy atom. The lowest BCUT2D eigenvalue weighted by atomic mass is 10.0. The Morgan fingerprint density at radius 3 is 1.88 bits per heavy atom. The van der Waals surface area contributed by atoms with Crippen molar-refractivity contribution in [2.45, 2.75) is 40.5 Å². The Hall–Kier alpha value is -5.15. The van der Waals surface area contributed by atoms with Gasteiger partial charge in [-0.1, -0.05) is 18.2 Å². The standard InChI is InChI=1S/C24H29NO4.C15H14O4.ClH/c1-5-26-21-10-9-17(14-22(21)27-6-2)13-20-19-16-24(29-8-4)23(28-7-3)15-18(19)11-12-25-20;1-19-12-5-2-10(3-6-12)8-14(17)13-7-4-11(16)9-15(13)18;/h9-12,14-16H,5-8,13H2,1-4H3;2-7,9,16,18H,8H2,1H3;1H. The van der Waals surface area contributed by atoms with Crippen LogP contribution < -0.4 is 23.7 Å². The van der Waals surface area contributed by atoms with Crippen LogP contribution in [-0.4, -0.2) is 54.5 Å². The molecule has 2 N–H and O–H groups in total. The highest BCUT2D eigenvalue weighted by molar-refractivity contribution is 6.00. The molecule has 0 radical (unpaired) electrons.